The van der Waals surface area contributed by atoms with Crippen LogP contribution in [0.25, 0.3) is 6.08 Å². The molecule has 32 heavy (non-hydrogen) atoms. The van der Waals surface area contributed by atoms with Gasteiger partial charge >= 0.3 is 5.97 Å². The van der Waals surface area contributed by atoms with Crippen molar-refractivity contribution in [1.82, 2.24) is 5.32 Å². The SMILES string of the molecule is COc1cccc(C=C2Oc3cc(OCC(=O)NC(CCSC)C(=O)O)ccc3C2=O)c1. The van der Waals surface area contributed by atoms with Crippen LogP contribution in [0.15, 0.2) is 48.2 Å². The van der Waals surface area contributed by atoms with Gasteiger partial charge in [0.2, 0.25) is 5.78 Å². The van der Waals surface area contributed by atoms with Crippen LogP contribution < -0.4 is 19.5 Å². The van der Waals surface area contributed by atoms with Gasteiger partial charge in [0.1, 0.15) is 23.3 Å². The van der Waals surface area contributed by atoms with Crippen molar-refractivity contribution in [3.05, 3.63) is 59.4 Å². The fourth-order valence-electron chi connectivity index (χ4n) is 3.02. The lowest BCUT2D eigenvalue weighted by molar-refractivity contribution is -0.142. The molecule has 0 spiro atoms. The number of hydrogen-bond donors (Lipinski definition) is 2. The van der Waals surface area contributed by atoms with E-state index in [2.05, 4.69) is 5.32 Å². The van der Waals surface area contributed by atoms with E-state index < -0.39 is 17.9 Å². The third-order valence-corrected chi connectivity index (χ3v) is 5.29. The molecule has 0 aromatic heterocycles. The number of benzene rings is 2. The first-order chi connectivity index (χ1) is 15.4. The van der Waals surface area contributed by atoms with E-state index in [1.165, 1.54) is 17.8 Å². The summed E-state index contributed by atoms with van der Waals surface area (Å²) in [5, 5.41) is 11.6. The maximum Gasteiger partial charge on any atom is 0.326 e. The van der Waals surface area contributed by atoms with Crippen molar-refractivity contribution in [2.45, 2.75) is 12.5 Å². The molecule has 1 aliphatic heterocycles. The summed E-state index contributed by atoms with van der Waals surface area (Å²) in [4.78, 5) is 35.9. The Morgan fingerprint density at radius 2 is 2.03 bits per heavy atom. The fraction of sp³-hybridized carbons (Fsp3) is 0.261. The van der Waals surface area contributed by atoms with Crippen molar-refractivity contribution in [1.29, 1.82) is 0 Å². The molecule has 1 unspecified atom stereocenters. The number of amides is 1. The van der Waals surface area contributed by atoms with Crippen molar-refractivity contribution in [2.24, 2.45) is 0 Å². The second-order valence-electron chi connectivity index (χ2n) is 6.90. The Bertz CT molecular complexity index is 1050. The normalized spacial score (nSPS) is 14.4. The van der Waals surface area contributed by atoms with E-state index in [1.54, 1.807) is 37.5 Å². The molecule has 2 N–H and O–H groups in total. The highest BCUT2D eigenvalue weighted by Gasteiger charge is 2.28. The predicted molar refractivity (Wildman–Crippen MR) is 120 cm³/mol. The summed E-state index contributed by atoms with van der Waals surface area (Å²) in [7, 11) is 1.56. The number of carboxylic acid groups (broad SMARTS) is 1. The number of ketones is 1. The zero-order valence-corrected chi connectivity index (χ0v) is 18.4. The van der Waals surface area contributed by atoms with Gasteiger partial charge in [-0.15, -0.1) is 0 Å². The van der Waals surface area contributed by atoms with Gasteiger partial charge in [-0.2, -0.15) is 11.8 Å². The molecule has 0 bridgehead atoms. The minimum absolute atomic E-state index is 0.168. The number of hydrogen-bond acceptors (Lipinski definition) is 7. The molecule has 0 saturated heterocycles. The molecule has 0 fully saturated rings. The van der Waals surface area contributed by atoms with Gasteiger partial charge in [-0.1, -0.05) is 12.1 Å². The average molecular weight is 458 g/mol. The molecular weight excluding hydrogens is 434 g/mol. The van der Waals surface area contributed by atoms with Gasteiger partial charge in [0.05, 0.1) is 12.7 Å². The summed E-state index contributed by atoms with van der Waals surface area (Å²) in [5.74, 6) is 0.193. The van der Waals surface area contributed by atoms with Crippen LogP contribution in [0.5, 0.6) is 17.2 Å². The Hall–Kier alpha value is -3.46. The number of fused-ring (bicyclic) bond motifs is 1. The Labute approximate surface area is 189 Å². The van der Waals surface area contributed by atoms with Crippen LogP contribution >= 0.6 is 11.8 Å². The number of carboxylic acids is 1. The molecule has 1 amide bonds. The largest absolute Gasteiger partial charge is 0.497 e. The van der Waals surface area contributed by atoms with Crippen LogP contribution in [0.1, 0.15) is 22.3 Å². The number of rotatable bonds is 10. The van der Waals surface area contributed by atoms with Crippen molar-refractivity contribution >= 4 is 35.5 Å². The van der Waals surface area contributed by atoms with E-state index in [1.807, 2.05) is 18.4 Å². The molecule has 0 saturated carbocycles. The molecule has 1 aliphatic rings. The monoisotopic (exact) mass is 457 g/mol. The summed E-state index contributed by atoms with van der Waals surface area (Å²) >= 11 is 1.50. The van der Waals surface area contributed by atoms with Gasteiger partial charge in [-0.3, -0.25) is 9.59 Å². The number of Topliss-reactive ketones (excluding diaryl/α,β-unsaturated/α-hetero) is 1. The Kier molecular flexibility index (Phi) is 7.77. The van der Waals surface area contributed by atoms with E-state index in [0.717, 1.165) is 5.56 Å². The zero-order chi connectivity index (χ0) is 23.1. The standard InChI is InChI=1S/C23H23NO7S/c1-29-15-5-3-4-14(10-15)11-20-22(26)17-7-6-16(12-19(17)31-20)30-13-21(25)24-18(23(27)28)8-9-32-2/h3-7,10-12,18H,8-9,13H2,1-2H3,(H,24,25)(H,27,28). The summed E-state index contributed by atoms with van der Waals surface area (Å²) in [5.41, 5.74) is 1.14. The van der Waals surface area contributed by atoms with Crippen LogP contribution in [0.4, 0.5) is 0 Å². The van der Waals surface area contributed by atoms with Crippen LogP contribution in [-0.2, 0) is 9.59 Å². The third kappa shape index (κ3) is 5.82. The topological polar surface area (TPSA) is 111 Å². The van der Waals surface area contributed by atoms with Gasteiger partial charge in [0.15, 0.2) is 12.4 Å². The number of allylic oxidation sites excluding steroid dienone is 1. The molecule has 3 rings (SSSR count). The van der Waals surface area contributed by atoms with Crippen molar-refractivity contribution in [3.63, 3.8) is 0 Å². The van der Waals surface area contributed by atoms with Crippen molar-refractivity contribution in [2.75, 3.05) is 25.7 Å². The third-order valence-electron chi connectivity index (χ3n) is 4.65. The van der Waals surface area contributed by atoms with E-state index in [4.69, 9.17) is 14.2 Å². The summed E-state index contributed by atoms with van der Waals surface area (Å²) in [6.45, 7) is -0.359. The number of nitrogens with one attached hydrogen (secondary N) is 1. The average Bonchev–Trinajstić information content (AvgIpc) is 3.09. The van der Waals surface area contributed by atoms with E-state index in [-0.39, 0.29) is 18.1 Å². The molecule has 168 valence electrons. The van der Waals surface area contributed by atoms with E-state index in [9.17, 15) is 19.5 Å². The molecular formula is C23H23NO7S. The van der Waals surface area contributed by atoms with Gasteiger partial charge < -0.3 is 24.6 Å². The van der Waals surface area contributed by atoms with Gasteiger partial charge in [0, 0.05) is 6.07 Å². The molecule has 2 aromatic carbocycles. The summed E-state index contributed by atoms with van der Waals surface area (Å²) in [6.07, 6.45) is 3.81. The van der Waals surface area contributed by atoms with Crippen LogP contribution in [0, 0.1) is 0 Å². The lowest BCUT2D eigenvalue weighted by atomic mass is 10.1. The molecule has 9 heteroatoms. The molecule has 1 heterocycles. The van der Waals surface area contributed by atoms with E-state index >= 15 is 0 Å². The minimum Gasteiger partial charge on any atom is -0.497 e. The number of ether oxygens (including phenoxy) is 3. The minimum atomic E-state index is -1.09. The lowest BCUT2D eigenvalue weighted by Crippen LogP contribution is -2.43. The number of carbonyl (C=O) groups excluding carboxylic acids is 2. The molecule has 0 aliphatic carbocycles. The molecule has 0 radical (unpaired) electrons. The van der Waals surface area contributed by atoms with Crippen LogP contribution in [0.2, 0.25) is 0 Å². The van der Waals surface area contributed by atoms with Crippen molar-refractivity contribution < 1.29 is 33.7 Å². The summed E-state index contributed by atoms with van der Waals surface area (Å²) in [6, 6.07) is 10.9. The van der Waals surface area contributed by atoms with Crippen LogP contribution in [0.3, 0.4) is 0 Å². The quantitative estimate of drug-likeness (QED) is 0.524. The zero-order valence-electron chi connectivity index (χ0n) is 17.6. The van der Waals surface area contributed by atoms with E-state index in [0.29, 0.717) is 35.0 Å². The lowest BCUT2D eigenvalue weighted by Gasteiger charge is -2.14. The number of thioether (sulfide) groups is 1. The first-order valence-electron chi connectivity index (χ1n) is 9.77. The highest BCUT2D eigenvalue weighted by Crippen LogP contribution is 2.35. The Morgan fingerprint density at radius 3 is 2.75 bits per heavy atom. The predicted octanol–water partition coefficient (Wildman–Crippen LogP) is 3.01. The highest BCUT2D eigenvalue weighted by molar-refractivity contribution is 7.98. The maximum atomic E-state index is 12.6. The smallest absolute Gasteiger partial charge is 0.326 e. The van der Waals surface area contributed by atoms with Crippen molar-refractivity contribution in [3.8, 4) is 17.2 Å². The highest BCUT2D eigenvalue weighted by atomic mass is 32.2. The first kappa shape index (κ1) is 23.2. The summed E-state index contributed by atoms with van der Waals surface area (Å²) < 4.78 is 16.3. The van der Waals surface area contributed by atoms with Gasteiger partial charge in [0.25, 0.3) is 5.91 Å². The van der Waals surface area contributed by atoms with Crippen LogP contribution in [-0.4, -0.2) is 54.5 Å². The molecule has 2 aromatic rings. The number of aliphatic carboxylic acids is 1. The molecule has 1 atom stereocenters. The Balaban J connectivity index is 1.63. The Morgan fingerprint density at radius 1 is 1.22 bits per heavy atom. The number of carbonyl (C=O) groups is 3. The maximum absolute atomic E-state index is 12.6. The second kappa shape index (κ2) is 10.7. The fourth-order valence-corrected chi connectivity index (χ4v) is 3.49. The molecule has 8 nitrogen and oxygen atoms in total. The van der Waals surface area contributed by atoms with Gasteiger partial charge in [-0.05, 0) is 54.3 Å². The number of methoxy groups -OCH3 is 1. The second-order valence-corrected chi connectivity index (χ2v) is 7.89. The van der Waals surface area contributed by atoms with Gasteiger partial charge in [-0.25, -0.2) is 4.79 Å². The first-order valence-corrected chi connectivity index (χ1v) is 11.2.